The highest BCUT2D eigenvalue weighted by atomic mass is 32.1. The van der Waals surface area contributed by atoms with Crippen LogP contribution in [0.1, 0.15) is 23.4 Å². The van der Waals surface area contributed by atoms with Crippen LogP contribution in [0.15, 0.2) is 24.3 Å². The first-order chi connectivity index (χ1) is 7.38. The third-order valence-electron chi connectivity index (χ3n) is 2.35. The summed E-state index contributed by atoms with van der Waals surface area (Å²) in [5.74, 6) is 0. The Morgan fingerprint density at radius 3 is 2.50 bits per heavy atom. The molecule has 86 valence electrons. The van der Waals surface area contributed by atoms with Crippen molar-refractivity contribution in [2.24, 2.45) is 5.73 Å². The van der Waals surface area contributed by atoms with E-state index < -0.39 is 11.1 Å². The normalized spacial score (nSPS) is 14.3. The molecular formula is C11H10F3NS. The number of fused-ring (bicyclic) bond motifs is 1. The van der Waals surface area contributed by atoms with Gasteiger partial charge in [-0.1, -0.05) is 6.07 Å². The van der Waals surface area contributed by atoms with E-state index in [1.807, 2.05) is 0 Å². The molecule has 0 saturated carbocycles. The smallest absolute Gasteiger partial charge is 0.324 e. The number of benzene rings is 1. The highest BCUT2D eigenvalue weighted by molar-refractivity contribution is 7.19. The van der Waals surface area contributed by atoms with Gasteiger partial charge in [-0.2, -0.15) is 13.2 Å². The summed E-state index contributed by atoms with van der Waals surface area (Å²) in [6, 6.07) is 6.17. The zero-order valence-corrected chi connectivity index (χ0v) is 9.32. The summed E-state index contributed by atoms with van der Waals surface area (Å²) in [5, 5.41) is 0.604. The Hall–Kier alpha value is -1.07. The second-order valence-corrected chi connectivity index (χ2v) is 4.78. The van der Waals surface area contributed by atoms with Crippen molar-refractivity contribution in [3.8, 4) is 0 Å². The van der Waals surface area contributed by atoms with Crippen LogP contribution in [0.4, 0.5) is 13.2 Å². The molecule has 5 heteroatoms. The molecule has 0 spiro atoms. The highest BCUT2D eigenvalue weighted by Gasteiger charge is 2.32. The van der Waals surface area contributed by atoms with Crippen molar-refractivity contribution in [1.29, 1.82) is 0 Å². The molecule has 0 aliphatic carbocycles. The predicted molar refractivity (Wildman–Crippen MR) is 59.4 cm³/mol. The van der Waals surface area contributed by atoms with Crippen LogP contribution in [0, 0.1) is 0 Å². The Kier molecular flexibility index (Phi) is 2.67. The van der Waals surface area contributed by atoms with E-state index in [4.69, 9.17) is 5.73 Å². The average Bonchev–Trinajstić information content (AvgIpc) is 2.58. The van der Waals surface area contributed by atoms with Gasteiger partial charge in [0, 0.05) is 10.7 Å². The Labute approximate surface area is 94.7 Å². The first-order valence-electron chi connectivity index (χ1n) is 4.74. The third-order valence-corrected chi connectivity index (χ3v) is 3.51. The highest BCUT2D eigenvalue weighted by Crippen LogP contribution is 2.38. The number of hydrogen-bond acceptors (Lipinski definition) is 2. The van der Waals surface area contributed by atoms with Gasteiger partial charge in [0.05, 0.1) is 0 Å². The number of rotatable bonds is 1. The number of halogens is 3. The summed E-state index contributed by atoms with van der Waals surface area (Å²) in [7, 11) is 0. The minimum absolute atomic E-state index is 0.168. The number of thiophene rings is 1. The Bertz CT molecular complexity index is 513. The molecule has 0 fully saturated rings. The average molecular weight is 245 g/mol. The molecule has 0 saturated heterocycles. The molecule has 1 heterocycles. The molecule has 0 bridgehead atoms. The third kappa shape index (κ3) is 2.05. The molecule has 0 radical (unpaired) electrons. The van der Waals surface area contributed by atoms with Crippen molar-refractivity contribution in [2.75, 3.05) is 0 Å². The Balaban J connectivity index is 2.54. The van der Waals surface area contributed by atoms with E-state index in [0.29, 0.717) is 10.1 Å². The summed E-state index contributed by atoms with van der Waals surface area (Å²) >= 11 is 0.759. The van der Waals surface area contributed by atoms with Crippen molar-refractivity contribution in [1.82, 2.24) is 0 Å². The first kappa shape index (κ1) is 11.4. The molecule has 2 aromatic rings. The van der Waals surface area contributed by atoms with E-state index >= 15 is 0 Å². The molecule has 1 unspecified atom stereocenters. The SMILES string of the molecule is CC(N)c1ccc2sc(C(F)(F)F)cc2c1. The molecule has 1 atom stereocenters. The van der Waals surface area contributed by atoms with Crippen LogP contribution in [0.3, 0.4) is 0 Å². The van der Waals surface area contributed by atoms with E-state index in [1.165, 1.54) is 6.07 Å². The van der Waals surface area contributed by atoms with Crippen LogP contribution in [-0.2, 0) is 6.18 Å². The molecule has 16 heavy (non-hydrogen) atoms. The summed E-state index contributed by atoms with van der Waals surface area (Å²) in [4.78, 5) is -0.565. The van der Waals surface area contributed by atoms with Gasteiger partial charge in [-0.25, -0.2) is 0 Å². The molecule has 1 aromatic heterocycles. The lowest BCUT2D eigenvalue weighted by Crippen LogP contribution is -2.04. The van der Waals surface area contributed by atoms with Gasteiger partial charge in [-0.3, -0.25) is 0 Å². The lowest BCUT2D eigenvalue weighted by Gasteiger charge is -2.04. The maximum absolute atomic E-state index is 12.5. The fourth-order valence-corrected chi connectivity index (χ4v) is 2.40. The van der Waals surface area contributed by atoms with Crippen molar-refractivity contribution >= 4 is 21.4 Å². The Morgan fingerprint density at radius 2 is 1.94 bits per heavy atom. The van der Waals surface area contributed by atoms with Gasteiger partial charge in [0.25, 0.3) is 0 Å². The van der Waals surface area contributed by atoms with Crippen LogP contribution >= 0.6 is 11.3 Å². The Morgan fingerprint density at radius 1 is 1.25 bits per heavy atom. The minimum Gasteiger partial charge on any atom is -0.324 e. The number of nitrogens with two attached hydrogens (primary N) is 1. The van der Waals surface area contributed by atoms with Gasteiger partial charge in [-0.15, -0.1) is 11.3 Å². The summed E-state index contributed by atoms with van der Waals surface area (Å²) in [5.41, 5.74) is 6.52. The van der Waals surface area contributed by atoms with Gasteiger partial charge in [-0.05, 0) is 36.1 Å². The van der Waals surface area contributed by atoms with Gasteiger partial charge < -0.3 is 5.73 Å². The molecule has 2 rings (SSSR count). The van der Waals surface area contributed by atoms with Crippen LogP contribution in [-0.4, -0.2) is 0 Å². The van der Waals surface area contributed by atoms with E-state index in [0.717, 1.165) is 16.9 Å². The van der Waals surface area contributed by atoms with Crippen molar-refractivity contribution in [3.05, 3.63) is 34.7 Å². The van der Waals surface area contributed by atoms with Crippen LogP contribution in [0.2, 0.25) is 0 Å². The van der Waals surface area contributed by atoms with Gasteiger partial charge in [0.1, 0.15) is 4.88 Å². The lowest BCUT2D eigenvalue weighted by molar-refractivity contribution is -0.134. The molecule has 0 aliphatic rings. The van der Waals surface area contributed by atoms with E-state index in [2.05, 4.69) is 0 Å². The quantitative estimate of drug-likeness (QED) is 0.809. The van der Waals surface area contributed by atoms with Crippen LogP contribution < -0.4 is 5.73 Å². The zero-order valence-electron chi connectivity index (χ0n) is 8.51. The predicted octanol–water partition coefficient (Wildman–Crippen LogP) is 3.94. The maximum atomic E-state index is 12.5. The van der Waals surface area contributed by atoms with Gasteiger partial charge in [0.15, 0.2) is 0 Å². The van der Waals surface area contributed by atoms with Crippen molar-refractivity contribution in [3.63, 3.8) is 0 Å². The topological polar surface area (TPSA) is 26.0 Å². The van der Waals surface area contributed by atoms with Gasteiger partial charge >= 0.3 is 6.18 Å². The van der Waals surface area contributed by atoms with Crippen molar-refractivity contribution in [2.45, 2.75) is 19.1 Å². The van der Waals surface area contributed by atoms with Crippen LogP contribution in [0.25, 0.3) is 10.1 Å². The van der Waals surface area contributed by atoms with Gasteiger partial charge in [0.2, 0.25) is 0 Å². The first-order valence-corrected chi connectivity index (χ1v) is 5.56. The van der Waals surface area contributed by atoms with Crippen molar-refractivity contribution < 1.29 is 13.2 Å². The molecule has 1 nitrogen and oxygen atoms in total. The van der Waals surface area contributed by atoms with Crippen LogP contribution in [0.5, 0.6) is 0 Å². The molecular weight excluding hydrogens is 235 g/mol. The summed E-state index contributed by atoms with van der Waals surface area (Å²) in [6.07, 6.45) is -4.27. The number of hydrogen-bond donors (Lipinski definition) is 1. The number of alkyl halides is 3. The molecule has 1 aromatic carbocycles. The fourth-order valence-electron chi connectivity index (χ4n) is 1.48. The maximum Gasteiger partial charge on any atom is 0.425 e. The summed E-state index contributed by atoms with van der Waals surface area (Å²) < 4.78 is 38.0. The standard InChI is InChI=1S/C11H10F3NS/c1-6(15)7-2-3-9-8(4-7)5-10(16-9)11(12,13)14/h2-6H,15H2,1H3. The minimum atomic E-state index is -4.27. The second kappa shape index (κ2) is 3.75. The fraction of sp³-hybridized carbons (Fsp3) is 0.273. The largest absolute Gasteiger partial charge is 0.425 e. The zero-order chi connectivity index (χ0) is 11.9. The molecule has 2 N–H and O–H groups in total. The monoisotopic (exact) mass is 245 g/mol. The second-order valence-electron chi connectivity index (χ2n) is 3.69. The summed E-state index contributed by atoms with van der Waals surface area (Å²) in [6.45, 7) is 1.80. The van der Waals surface area contributed by atoms with E-state index in [9.17, 15) is 13.2 Å². The van der Waals surface area contributed by atoms with E-state index in [1.54, 1.807) is 25.1 Å². The van der Waals surface area contributed by atoms with E-state index in [-0.39, 0.29) is 6.04 Å². The lowest BCUT2D eigenvalue weighted by atomic mass is 10.1. The molecule has 0 aliphatic heterocycles. The molecule has 0 amide bonds.